The van der Waals surface area contributed by atoms with Crippen LogP contribution in [0.4, 0.5) is 4.39 Å². The summed E-state index contributed by atoms with van der Waals surface area (Å²) in [5.74, 6) is -1.87. The zero-order valence-electron chi connectivity index (χ0n) is 18.5. The number of nitrogens with zero attached hydrogens (tertiary/aromatic N) is 1. The molecule has 178 valence electrons. The van der Waals surface area contributed by atoms with Gasteiger partial charge in [-0.1, -0.05) is 23.7 Å². The van der Waals surface area contributed by atoms with Crippen LogP contribution in [0.2, 0.25) is 5.02 Å². The molecule has 35 heavy (non-hydrogen) atoms. The van der Waals surface area contributed by atoms with E-state index >= 15 is 0 Å². The second-order valence-corrected chi connectivity index (χ2v) is 8.46. The maximum absolute atomic E-state index is 13.6. The maximum Gasteiger partial charge on any atom is 0.290 e. The Labute approximate surface area is 203 Å². The van der Waals surface area contributed by atoms with Gasteiger partial charge in [-0.2, -0.15) is 0 Å². The van der Waals surface area contributed by atoms with Gasteiger partial charge in [-0.05, 0) is 48.4 Å². The first-order valence-corrected chi connectivity index (χ1v) is 11.1. The minimum atomic E-state index is -0.968. The molecule has 1 aliphatic rings. The Morgan fingerprint density at radius 3 is 2.66 bits per heavy atom. The van der Waals surface area contributed by atoms with Crippen molar-refractivity contribution in [1.29, 1.82) is 0 Å². The molecule has 3 heterocycles. The highest BCUT2D eigenvalue weighted by Gasteiger charge is 2.45. The van der Waals surface area contributed by atoms with E-state index in [0.717, 1.165) is 5.56 Å². The number of ketones is 1. The molecule has 1 aliphatic heterocycles. The number of carbonyl (C=O) groups excluding carboxylic acids is 2. The van der Waals surface area contributed by atoms with Crippen molar-refractivity contribution in [3.05, 3.63) is 100 Å². The van der Waals surface area contributed by atoms with Crippen molar-refractivity contribution in [3.8, 4) is 5.75 Å². The molecule has 1 amide bonds. The number of aliphatic hydroxyl groups is 1. The van der Waals surface area contributed by atoms with Gasteiger partial charge in [0.25, 0.3) is 5.91 Å². The number of carbonyl (C=O) groups is 2. The first kappa shape index (κ1) is 22.7. The van der Waals surface area contributed by atoms with Gasteiger partial charge in [-0.25, -0.2) is 4.39 Å². The smallest absolute Gasteiger partial charge is 0.290 e. The van der Waals surface area contributed by atoms with Crippen molar-refractivity contribution >= 4 is 34.3 Å². The number of hydrogen-bond donors (Lipinski definition) is 1. The molecule has 0 fully saturated rings. The minimum Gasteiger partial charge on any atom is -0.503 e. The Morgan fingerprint density at radius 2 is 1.97 bits per heavy atom. The summed E-state index contributed by atoms with van der Waals surface area (Å²) in [4.78, 5) is 28.0. The molecule has 5 rings (SSSR count). The highest BCUT2D eigenvalue weighted by molar-refractivity contribution is 6.31. The summed E-state index contributed by atoms with van der Waals surface area (Å²) >= 11 is 6.12. The molecule has 7 nitrogen and oxygen atoms in total. The summed E-state index contributed by atoms with van der Waals surface area (Å²) in [5, 5.41) is 11.7. The molecule has 0 radical (unpaired) electrons. The fourth-order valence-electron chi connectivity index (χ4n) is 4.24. The highest BCUT2D eigenvalue weighted by atomic mass is 35.5. The van der Waals surface area contributed by atoms with E-state index < -0.39 is 23.5 Å². The first-order valence-electron chi connectivity index (χ1n) is 10.7. The van der Waals surface area contributed by atoms with Crippen LogP contribution >= 0.6 is 11.6 Å². The van der Waals surface area contributed by atoms with Crippen LogP contribution in [0.15, 0.2) is 81.0 Å². The zero-order chi connectivity index (χ0) is 24.7. The summed E-state index contributed by atoms with van der Waals surface area (Å²) in [7, 11) is 1.45. The van der Waals surface area contributed by atoms with E-state index in [9.17, 15) is 19.1 Å². The second kappa shape index (κ2) is 8.96. The number of Topliss-reactive ketones (excluding diaryl/α,β-unsaturated/α-hetero) is 1. The van der Waals surface area contributed by atoms with Crippen LogP contribution in [-0.2, 0) is 11.2 Å². The third kappa shape index (κ3) is 4.06. The number of methoxy groups -OCH3 is 1. The summed E-state index contributed by atoms with van der Waals surface area (Å²) in [5.41, 5.74) is 0.943. The highest BCUT2D eigenvalue weighted by Crippen LogP contribution is 2.41. The average Bonchev–Trinajstić information content (AvgIpc) is 3.57. The number of ether oxygens (including phenoxy) is 1. The number of halogens is 2. The Hall–Kier alpha value is -4.04. The van der Waals surface area contributed by atoms with Crippen molar-refractivity contribution < 1.29 is 32.7 Å². The van der Waals surface area contributed by atoms with E-state index in [1.54, 1.807) is 36.4 Å². The monoisotopic (exact) mass is 495 g/mol. The van der Waals surface area contributed by atoms with E-state index in [1.165, 1.54) is 36.5 Å². The molecule has 2 aromatic carbocycles. The predicted molar refractivity (Wildman–Crippen MR) is 125 cm³/mol. The van der Waals surface area contributed by atoms with Crippen LogP contribution in [0.3, 0.4) is 0 Å². The Kier molecular flexibility index (Phi) is 5.82. The largest absolute Gasteiger partial charge is 0.503 e. The molecule has 9 heteroatoms. The lowest BCUT2D eigenvalue weighted by Gasteiger charge is -2.24. The van der Waals surface area contributed by atoms with Gasteiger partial charge in [0.1, 0.15) is 17.6 Å². The van der Waals surface area contributed by atoms with E-state index in [4.69, 9.17) is 25.2 Å². The van der Waals surface area contributed by atoms with Gasteiger partial charge in [0.15, 0.2) is 22.9 Å². The molecule has 1 N–H and O–H groups in total. The summed E-state index contributed by atoms with van der Waals surface area (Å²) < 4.78 is 29.9. The number of furan rings is 2. The number of rotatable bonds is 7. The van der Waals surface area contributed by atoms with Gasteiger partial charge >= 0.3 is 0 Å². The van der Waals surface area contributed by atoms with Crippen LogP contribution in [0, 0.1) is 5.82 Å². The summed E-state index contributed by atoms with van der Waals surface area (Å²) in [6, 6.07) is 12.8. The first-order chi connectivity index (χ1) is 16.9. The quantitative estimate of drug-likeness (QED) is 0.333. The lowest BCUT2D eigenvalue weighted by Crippen LogP contribution is -2.32. The number of amides is 1. The molecule has 1 atom stereocenters. The normalized spacial score (nSPS) is 15.9. The molecule has 1 unspecified atom stereocenters. The average molecular weight is 496 g/mol. The lowest BCUT2D eigenvalue weighted by atomic mass is 9.99. The fraction of sp³-hybridized carbons (Fsp3) is 0.154. The number of fused-ring (bicyclic) bond motifs is 1. The van der Waals surface area contributed by atoms with E-state index in [0.29, 0.717) is 33.9 Å². The topological polar surface area (TPSA) is 93.1 Å². The molecule has 2 aromatic heterocycles. The van der Waals surface area contributed by atoms with Crippen LogP contribution < -0.4 is 4.74 Å². The van der Waals surface area contributed by atoms with Crippen molar-refractivity contribution in [2.45, 2.75) is 12.5 Å². The van der Waals surface area contributed by atoms with Crippen molar-refractivity contribution in [1.82, 2.24) is 4.90 Å². The van der Waals surface area contributed by atoms with Gasteiger partial charge in [0.2, 0.25) is 5.78 Å². The van der Waals surface area contributed by atoms with Crippen LogP contribution in [-0.4, -0.2) is 35.4 Å². The fourth-order valence-corrected chi connectivity index (χ4v) is 4.46. The second-order valence-electron chi connectivity index (χ2n) is 8.02. The van der Waals surface area contributed by atoms with Gasteiger partial charge < -0.3 is 23.6 Å². The zero-order valence-corrected chi connectivity index (χ0v) is 19.2. The predicted octanol–water partition coefficient (Wildman–Crippen LogP) is 5.65. The standard InChI is InChI=1S/C26H19ClFNO6/c1-33-20-13-16(27)11-15-12-19(35-25(15)20)23(30)21-22(18-3-2-10-34-18)29(26(32)24(21)31)9-8-14-4-6-17(28)7-5-14/h2-7,10-13,22,31H,8-9H2,1H3. The molecule has 0 spiro atoms. The number of aliphatic hydroxyl groups excluding tert-OH is 1. The SMILES string of the molecule is COc1cc(Cl)cc2cc(C(=O)C3=C(O)C(=O)N(CCc4ccc(F)cc4)C3c3ccco3)oc12. The lowest BCUT2D eigenvalue weighted by molar-refractivity contribution is -0.129. The van der Waals surface area contributed by atoms with Gasteiger partial charge in [0, 0.05) is 23.0 Å². The molecule has 0 bridgehead atoms. The van der Waals surface area contributed by atoms with Gasteiger partial charge in [-0.3, -0.25) is 9.59 Å². The van der Waals surface area contributed by atoms with Gasteiger partial charge in [-0.15, -0.1) is 0 Å². The van der Waals surface area contributed by atoms with Gasteiger partial charge in [0.05, 0.1) is 18.9 Å². The van der Waals surface area contributed by atoms with E-state index in [-0.39, 0.29) is 23.7 Å². The van der Waals surface area contributed by atoms with Crippen molar-refractivity contribution in [2.24, 2.45) is 0 Å². The van der Waals surface area contributed by atoms with Crippen molar-refractivity contribution in [2.75, 3.05) is 13.7 Å². The molecule has 0 aliphatic carbocycles. The Balaban J connectivity index is 1.51. The Morgan fingerprint density at radius 1 is 1.20 bits per heavy atom. The molecular weight excluding hydrogens is 477 g/mol. The number of hydrogen-bond acceptors (Lipinski definition) is 6. The summed E-state index contributed by atoms with van der Waals surface area (Å²) in [6.07, 6.45) is 1.79. The molecule has 4 aromatic rings. The van der Waals surface area contributed by atoms with Crippen LogP contribution in [0.1, 0.15) is 27.9 Å². The molecular formula is C26H19ClFNO6. The van der Waals surface area contributed by atoms with Crippen LogP contribution in [0.25, 0.3) is 11.0 Å². The Bertz CT molecular complexity index is 1460. The third-order valence-corrected chi connectivity index (χ3v) is 6.12. The van der Waals surface area contributed by atoms with Crippen molar-refractivity contribution in [3.63, 3.8) is 0 Å². The minimum absolute atomic E-state index is 0.0909. The molecule has 0 saturated carbocycles. The van der Waals surface area contributed by atoms with E-state index in [1.807, 2.05) is 0 Å². The van der Waals surface area contributed by atoms with E-state index in [2.05, 4.69) is 0 Å². The molecule has 0 saturated heterocycles. The van der Waals surface area contributed by atoms with Crippen LogP contribution in [0.5, 0.6) is 5.75 Å². The maximum atomic E-state index is 13.6. The third-order valence-electron chi connectivity index (χ3n) is 5.91. The number of benzene rings is 2. The summed E-state index contributed by atoms with van der Waals surface area (Å²) in [6.45, 7) is 0.153.